The van der Waals surface area contributed by atoms with Gasteiger partial charge in [-0.05, 0) is 23.9 Å². The highest BCUT2D eigenvalue weighted by molar-refractivity contribution is 7.10. The first-order valence-electron chi connectivity index (χ1n) is 3.60. The quantitative estimate of drug-likeness (QED) is 0.694. The van der Waals surface area contributed by atoms with Gasteiger partial charge in [-0.3, -0.25) is 0 Å². The highest BCUT2D eigenvalue weighted by atomic mass is 32.1. The van der Waals surface area contributed by atoms with Crippen LogP contribution in [0, 0.1) is 35.5 Å². The highest BCUT2D eigenvalue weighted by Gasteiger charge is 2.09. The SMILES string of the molecule is Cc1ccsc1CC(C#N)C#N. The zero-order valence-corrected chi connectivity index (χ0v) is 7.56. The zero-order chi connectivity index (χ0) is 8.97. The number of aryl methyl sites for hydroxylation is 1. The molecule has 0 spiro atoms. The predicted molar refractivity (Wildman–Crippen MR) is 47.5 cm³/mol. The normalized spacial score (nSPS) is 9.33. The fraction of sp³-hybridized carbons (Fsp3) is 0.333. The van der Waals surface area contributed by atoms with Crippen LogP contribution in [0.25, 0.3) is 0 Å². The molecule has 2 nitrogen and oxygen atoms in total. The van der Waals surface area contributed by atoms with E-state index in [0.29, 0.717) is 6.42 Å². The number of nitriles is 2. The first-order chi connectivity index (χ1) is 5.77. The smallest absolute Gasteiger partial charge is 0.138 e. The topological polar surface area (TPSA) is 47.6 Å². The summed E-state index contributed by atoms with van der Waals surface area (Å²) in [5.41, 5.74) is 1.18. The van der Waals surface area contributed by atoms with E-state index in [0.717, 1.165) is 4.88 Å². The van der Waals surface area contributed by atoms with E-state index in [1.807, 2.05) is 30.5 Å². The van der Waals surface area contributed by atoms with Gasteiger partial charge in [0.1, 0.15) is 5.92 Å². The van der Waals surface area contributed by atoms with Crippen LogP contribution in [0.3, 0.4) is 0 Å². The van der Waals surface area contributed by atoms with Crippen LogP contribution in [0.15, 0.2) is 11.4 Å². The lowest BCUT2D eigenvalue weighted by Crippen LogP contribution is -1.97. The van der Waals surface area contributed by atoms with Crippen LogP contribution in [0.2, 0.25) is 0 Å². The lowest BCUT2D eigenvalue weighted by atomic mass is 10.1. The monoisotopic (exact) mass is 176 g/mol. The van der Waals surface area contributed by atoms with Crippen LogP contribution < -0.4 is 0 Å². The number of hydrogen-bond donors (Lipinski definition) is 0. The molecule has 0 aromatic carbocycles. The molecule has 0 saturated heterocycles. The summed E-state index contributed by atoms with van der Waals surface area (Å²) in [6, 6.07) is 5.93. The maximum atomic E-state index is 8.55. The Bertz CT molecular complexity index is 326. The van der Waals surface area contributed by atoms with Crippen molar-refractivity contribution >= 4 is 11.3 Å². The molecule has 0 aliphatic rings. The molecule has 0 unspecified atom stereocenters. The molecule has 0 fully saturated rings. The van der Waals surface area contributed by atoms with Gasteiger partial charge in [-0.25, -0.2) is 0 Å². The first kappa shape index (κ1) is 8.77. The molecular weight excluding hydrogens is 168 g/mol. The van der Waals surface area contributed by atoms with Gasteiger partial charge >= 0.3 is 0 Å². The maximum Gasteiger partial charge on any atom is 0.138 e. The Balaban J connectivity index is 2.72. The Kier molecular flexibility index (Phi) is 2.85. The number of hydrogen-bond acceptors (Lipinski definition) is 3. The third-order valence-electron chi connectivity index (χ3n) is 1.67. The van der Waals surface area contributed by atoms with E-state index < -0.39 is 5.92 Å². The first-order valence-corrected chi connectivity index (χ1v) is 4.48. The van der Waals surface area contributed by atoms with E-state index in [9.17, 15) is 0 Å². The van der Waals surface area contributed by atoms with Gasteiger partial charge < -0.3 is 0 Å². The lowest BCUT2D eigenvalue weighted by Gasteiger charge is -1.97. The molecular formula is C9H8N2S. The van der Waals surface area contributed by atoms with E-state index >= 15 is 0 Å². The van der Waals surface area contributed by atoms with E-state index in [1.54, 1.807) is 11.3 Å². The molecule has 0 radical (unpaired) electrons. The van der Waals surface area contributed by atoms with Crippen molar-refractivity contribution in [3.05, 3.63) is 21.9 Å². The third kappa shape index (κ3) is 1.84. The fourth-order valence-electron chi connectivity index (χ4n) is 0.919. The van der Waals surface area contributed by atoms with Gasteiger partial charge in [0.2, 0.25) is 0 Å². The Morgan fingerprint density at radius 2 is 2.17 bits per heavy atom. The van der Waals surface area contributed by atoms with Crippen molar-refractivity contribution in [2.75, 3.05) is 0 Å². The standard InChI is InChI=1S/C9H8N2S/c1-7-2-3-12-9(7)4-8(5-10)6-11/h2-3,8H,4H2,1H3. The van der Waals surface area contributed by atoms with Crippen molar-refractivity contribution in [2.24, 2.45) is 5.92 Å². The van der Waals surface area contributed by atoms with Gasteiger partial charge in [0.05, 0.1) is 12.1 Å². The molecule has 1 aromatic rings. The largest absolute Gasteiger partial charge is 0.197 e. The van der Waals surface area contributed by atoms with Crippen LogP contribution in [0.5, 0.6) is 0 Å². The van der Waals surface area contributed by atoms with Gasteiger partial charge in [-0.15, -0.1) is 11.3 Å². The Morgan fingerprint density at radius 3 is 2.58 bits per heavy atom. The van der Waals surface area contributed by atoms with Crippen molar-refractivity contribution in [1.82, 2.24) is 0 Å². The minimum Gasteiger partial charge on any atom is -0.197 e. The van der Waals surface area contributed by atoms with Gasteiger partial charge in [0.15, 0.2) is 0 Å². The fourth-order valence-corrected chi connectivity index (χ4v) is 1.87. The molecule has 0 bridgehead atoms. The molecule has 0 aliphatic carbocycles. The third-order valence-corrected chi connectivity index (χ3v) is 2.71. The summed E-state index contributed by atoms with van der Waals surface area (Å²) in [6.45, 7) is 2.00. The highest BCUT2D eigenvalue weighted by Crippen LogP contribution is 2.19. The average molecular weight is 176 g/mol. The van der Waals surface area contributed by atoms with Crippen LogP contribution in [-0.2, 0) is 6.42 Å². The van der Waals surface area contributed by atoms with Gasteiger partial charge in [-0.2, -0.15) is 10.5 Å². The van der Waals surface area contributed by atoms with E-state index in [2.05, 4.69) is 0 Å². The van der Waals surface area contributed by atoms with Crippen LogP contribution in [0.4, 0.5) is 0 Å². The second-order valence-electron chi connectivity index (χ2n) is 2.54. The Hall–Kier alpha value is -1.32. The lowest BCUT2D eigenvalue weighted by molar-refractivity contribution is 0.843. The van der Waals surface area contributed by atoms with Crippen molar-refractivity contribution in [3.63, 3.8) is 0 Å². The average Bonchev–Trinajstić information content (AvgIpc) is 2.47. The molecule has 0 N–H and O–H groups in total. The minimum atomic E-state index is -0.498. The summed E-state index contributed by atoms with van der Waals surface area (Å²) in [7, 11) is 0. The molecule has 1 rings (SSSR count). The second kappa shape index (κ2) is 3.90. The van der Waals surface area contributed by atoms with E-state index in [1.165, 1.54) is 5.56 Å². The molecule has 12 heavy (non-hydrogen) atoms. The summed E-state index contributed by atoms with van der Waals surface area (Å²) in [4.78, 5) is 1.14. The maximum absolute atomic E-state index is 8.55. The van der Waals surface area contributed by atoms with Crippen molar-refractivity contribution in [3.8, 4) is 12.1 Å². The predicted octanol–water partition coefficient (Wildman–Crippen LogP) is 2.26. The molecule has 0 saturated carbocycles. The summed E-state index contributed by atoms with van der Waals surface area (Å²) >= 11 is 1.61. The molecule has 1 heterocycles. The van der Waals surface area contributed by atoms with Crippen molar-refractivity contribution in [1.29, 1.82) is 10.5 Å². The van der Waals surface area contributed by atoms with Crippen molar-refractivity contribution < 1.29 is 0 Å². The summed E-state index contributed by atoms with van der Waals surface area (Å²) < 4.78 is 0. The molecule has 0 atom stereocenters. The van der Waals surface area contributed by atoms with E-state index in [4.69, 9.17) is 10.5 Å². The zero-order valence-electron chi connectivity index (χ0n) is 6.74. The van der Waals surface area contributed by atoms with Crippen LogP contribution >= 0.6 is 11.3 Å². The van der Waals surface area contributed by atoms with Crippen molar-refractivity contribution in [2.45, 2.75) is 13.3 Å². The summed E-state index contributed by atoms with van der Waals surface area (Å²) in [5, 5.41) is 19.1. The molecule has 0 amide bonds. The molecule has 3 heteroatoms. The van der Waals surface area contributed by atoms with Crippen LogP contribution in [-0.4, -0.2) is 0 Å². The van der Waals surface area contributed by atoms with Gasteiger partial charge in [0.25, 0.3) is 0 Å². The summed E-state index contributed by atoms with van der Waals surface area (Å²) in [6.07, 6.45) is 0.566. The summed E-state index contributed by atoms with van der Waals surface area (Å²) in [5.74, 6) is -0.498. The number of thiophene rings is 1. The Labute approximate surface area is 75.7 Å². The van der Waals surface area contributed by atoms with Crippen LogP contribution in [0.1, 0.15) is 10.4 Å². The van der Waals surface area contributed by atoms with Gasteiger partial charge in [-0.1, -0.05) is 0 Å². The van der Waals surface area contributed by atoms with Gasteiger partial charge in [0, 0.05) is 11.3 Å². The number of rotatable bonds is 2. The molecule has 60 valence electrons. The molecule has 1 aromatic heterocycles. The van der Waals surface area contributed by atoms with E-state index in [-0.39, 0.29) is 0 Å². The number of nitrogens with zero attached hydrogens (tertiary/aromatic N) is 2. The molecule has 0 aliphatic heterocycles. The second-order valence-corrected chi connectivity index (χ2v) is 3.54. The minimum absolute atomic E-state index is 0.498. The Morgan fingerprint density at radius 1 is 1.50 bits per heavy atom.